The van der Waals surface area contributed by atoms with Crippen LogP contribution in [0.3, 0.4) is 0 Å². The Morgan fingerprint density at radius 3 is 2.52 bits per heavy atom. The lowest BCUT2D eigenvalue weighted by Crippen LogP contribution is -2.09. The first-order chi connectivity index (χ1) is 9.90. The molecular formula is C14H13ClF3N3. The van der Waals surface area contributed by atoms with E-state index in [4.69, 9.17) is 11.6 Å². The first-order valence-electron chi connectivity index (χ1n) is 6.25. The Bertz CT molecular complexity index is 629. The van der Waals surface area contributed by atoms with Gasteiger partial charge in [0, 0.05) is 11.6 Å². The number of nitrogens with one attached hydrogen (secondary N) is 2. The van der Waals surface area contributed by atoms with Crippen LogP contribution in [0.5, 0.6) is 0 Å². The van der Waals surface area contributed by atoms with E-state index >= 15 is 0 Å². The molecule has 2 N–H and O–H groups in total. The number of aromatic nitrogens is 1. The number of rotatable bonds is 4. The molecule has 0 fully saturated rings. The van der Waals surface area contributed by atoms with Crippen molar-refractivity contribution in [1.29, 1.82) is 0 Å². The van der Waals surface area contributed by atoms with Gasteiger partial charge in [-0.1, -0.05) is 17.7 Å². The highest BCUT2D eigenvalue weighted by Gasteiger charge is 2.33. The Morgan fingerprint density at radius 1 is 1.14 bits per heavy atom. The molecule has 0 amide bonds. The molecule has 0 aliphatic heterocycles. The van der Waals surface area contributed by atoms with E-state index in [0.29, 0.717) is 18.2 Å². The molecule has 1 heterocycles. The van der Waals surface area contributed by atoms with Crippen LogP contribution >= 0.6 is 11.6 Å². The molecule has 0 saturated heterocycles. The van der Waals surface area contributed by atoms with Crippen LogP contribution in [0, 0.1) is 0 Å². The summed E-state index contributed by atoms with van der Waals surface area (Å²) < 4.78 is 39.0. The van der Waals surface area contributed by atoms with Gasteiger partial charge in [0.25, 0.3) is 0 Å². The summed E-state index contributed by atoms with van der Waals surface area (Å²) in [6, 6.07) is 8.60. The Balaban J connectivity index is 2.33. The Morgan fingerprint density at radius 2 is 1.86 bits per heavy atom. The maximum Gasteiger partial charge on any atom is 0.418 e. The van der Waals surface area contributed by atoms with Crippen LogP contribution in [0.15, 0.2) is 36.4 Å². The lowest BCUT2D eigenvalue weighted by molar-refractivity contribution is -0.136. The van der Waals surface area contributed by atoms with E-state index in [9.17, 15) is 13.2 Å². The van der Waals surface area contributed by atoms with Crippen LogP contribution < -0.4 is 10.6 Å². The van der Waals surface area contributed by atoms with Gasteiger partial charge >= 0.3 is 6.18 Å². The van der Waals surface area contributed by atoms with E-state index in [1.165, 1.54) is 12.1 Å². The molecule has 112 valence electrons. The van der Waals surface area contributed by atoms with Crippen LogP contribution in [0.1, 0.15) is 12.5 Å². The van der Waals surface area contributed by atoms with Crippen molar-refractivity contribution in [2.75, 3.05) is 17.2 Å². The van der Waals surface area contributed by atoms with Gasteiger partial charge in [0.2, 0.25) is 0 Å². The second kappa shape index (κ2) is 6.22. The zero-order valence-electron chi connectivity index (χ0n) is 11.1. The van der Waals surface area contributed by atoms with Crippen molar-refractivity contribution >= 4 is 28.9 Å². The summed E-state index contributed by atoms with van der Waals surface area (Å²) in [5, 5.41) is 5.70. The van der Waals surface area contributed by atoms with Gasteiger partial charge < -0.3 is 10.6 Å². The average Bonchev–Trinajstić information content (AvgIpc) is 2.40. The van der Waals surface area contributed by atoms with Gasteiger partial charge in [-0.05, 0) is 37.3 Å². The molecule has 0 atom stereocenters. The largest absolute Gasteiger partial charge is 0.418 e. The second-order valence-corrected chi connectivity index (χ2v) is 4.69. The normalized spacial score (nSPS) is 11.3. The summed E-state index contributed by atoms with van der Waals surface area (Å²) in [6.45, 7) is 2.58. The lowest BCUT2D eigenvalue weighted by atomic mass is 10.1. The molecular weight excluding hydrogens is 303 g/mol. The molecule has 0 radical (unpaired) electrons. The fraction of sp³-hybridized carbons (Fsp3) is 0.214. The first kappa shape index (κ1) is 15.4. The molecule has 0 aliphatic carbocycles. The van der Waals surface area contributed by atoms with Crippen molar-refractivity contribution in [2.45, 2.75) is 13.1 Å². The molecule has 2 aromatic rings. The SMILES string of the molecule is CCNc1cccc(Nc2ccc(Cl)cc2C(F)(F)F)n1. The first-order valence-corrected chi connectivity index (χ1v) is 6.62. The van der Waals surface area contributed by atoms with Crippen LogP contribution in [0.2, 0.25) is 5.02 Å². The van der Waals surface area contributed by atoms with Crippen molar-refractivity contribution in [3.63, 3.8) is 0 Å². The smallest absolute Gasteiger partial charge is 0.370 e. The van der Waals surface area contributed by atoms with Crippen LogP contribution in [0.25, 0.3) is 0 Å². The third kappa shape index (κ3) is 4.01. The Kier molecular flexibility index (Phi) is 4.57. The molecule has 0 aliphatic rings. The van der Waals surface area contributed by atoms with E-state index in [-0.39, 0.29) is 10.7 Å². The van der Waals surface area contributed by atoms with E-state index in [1.54, 1.807) is 18.2 Å². The number of hydrogen-bond donors (Lipinski definition) is 2. The molecule has 7 heteroatoms. The van der Waals surface area contributed by atoms with Gasteiger partial charge in [-0.3, -0.25) is 0 Å². The van der Waals surface area contributed by atoms with Gasteiger partial charge in [-0.15, -0.1) is 0 Å². The summed E-state index contributed by atoms with van der Waals surface area (Å²) in [5.41, 5.74) is -0.918. The number of benzene rings is 1. The molecule has 0 unspecified atom stereocenters. The van der Waals surface area contributed by atoms with Crippen molar-refractivity contribution in [2.24, 2.45) is 0 Å². The van der Waals surface area contributed by atoms with Crippen molar-refractivity contribution in [1.82, 2.24) is 4.98 Å². The molecule has 1 aromatic heterocycles. The number of anilines is 3. The summed E-state index contributed by atoms with van der Waals surface area (Å²) in [7, 11) is 0. The molecule has 0 spiro atoms. The zero-order chi connectivity index (χ0) is 15.5. The number of alkyl halides is 3. The predicted molar refractivity (Wildman–Crippen MR) is 78.1 cm³/mol. The number of nitrogens with zero attached hydrogens (tertiary/aromatic N) is 1. The van der Waals surface area contributed by atoms with Crippen molar-refractivity contribution < 1.29 is 13.2 Å². The van der Waals surface area contributed by atoms with Crippen molar-refractivity contribution in [3.8, 4) is 0 Å². The molecule has 21 heavy (non-hydrogen) atoms. The van der Waals surface area contributed by atoms with Gasteiger partial charge in [0.05, 0.1) is 11.3 Å². The lowest BCUT2D eigenvalue weighted by Gasteiger charge is -2.15. The zero-order valence-corrected chi connectivity index (χ0v) is 11.9. The standard InChI is InChI=1S/C14H13ClF3N3/c1-2-19-12-4-3-5-13(21-12)20-11-7-6-9(15)8-10(11)14(16,17)18/h3-8H,2H2,1H3,(H2,19,20,21). The monoisotopic (exact) mass is 315 g/mol. The van der Waals surface area contributed by atoms with E-state index < -0.39 is 11.7 Å². The van der Waals surface area contributed by atoms with E-state index in [2.05, 4.69) is 15.6 Å². The molecule has 3 nitrogen and oxygen atoms in total. The fourth-order valence-electron chi connectivity index (χ4n) is 1.78. The van der Waals surface area contributed by atoms with Gasteiger partial charge in [-0.2, -0.15) is 13.2 Å². The minimum absolute atomic E-state index is 0.0298. The van der Waals surface area contributed by atoms with Crippen molar-refractivity contribution in [3.05, 3.63) is 47.0 Å². The topological polar surface area (TPSA) is 37.0 Å². The number of hydrogen-bond acceptors (Lipinski definition) is 3. The number of halogens is 4. The Labute approximate surface area is 125 Å². The Hall–Kier alpha value is -1.95. The van der Waals surface area contributed by atoms with Gasteiger partial charge in [-0.25, -0.2) is 4.98 Å². The van der Waals surface area contributed by atoms with Crippen LogP contribution in [0.4, 0.5) is 30.5 Å². The maximum absolute atomic E-state index is 13.0. The highest BCUT2D eigenvalue weighted by Crippen LogP contribution is 2.37. The predicted octanol–water partition coefficient (Wildman–Crippen LogP) is 4.93. The summed E-state index contributed by atoms with van der Waals surface area (Å²) in [6.07, 6.45) is -4.49. The summed E-state index contributed by atoms with van der Waals surface area (Å²) >= 11 is 5.64. The number of pyridine rings is 1. The van der Waals surface area contributed by atoms with E-state index in [0.717, 1.165) is 6.07 Å². The minimum atomic E-state index is -4.49. The molecule has 2 rings (SSSR count). The summed E-state index contributed by atoms with van der Waals surface area (Å²) in [5.74, 6) is 0.909. The highest BCUT2D eigenvalue weighted by atomic mass is 35.5. The van der Waals surface area contributed by atoms with E-state index in [1.807, 2.05) is 6.92 Å². The van der Waals surface area contributed by atoms with Crippen LogP contribution in [-0.4, -0.2) is 11.5 Å². The third-order valence-electron chi connectivity index (χ3n) is 2.66. The van der Waals surface area contributed by atoms with Gasteiger partial charge in [0.1, 0.15) is 11.6 Å². The van der Waals surface area contributed by atoms with Crippen LogP contribution in [-0.2, 0) is 6.18 Å². The molecule has 1 aromatic carbocycles. The third-order valence-corrected chi connectivity index (χ3v) is 2.89. The molecule has 0 saturated carbocycles. The summed E-state index contributed by atoms with van der Waals surface area (Å²) in [4.78, 5) is 4.18. The average molecular weight is 316 g/mol. The quantitative estimate of drug-likeness (QED) is 0.840. The second-order valence-electron chi connectivity index (χ2n) is 4.25. The fourth-order valence-corrected chi connectivity index (χ4v) is 1.95. The minimum Gasteiger partial charge on any atom is -0.370 e. The highest BCUT2D eigenvalue weighted by molar-refractivity contribution is 6.30. The maximum atomic E-state index is 13.0. The molecule has 0 bridgehead atoms. The van der Waals surface area contributed by atoms with Gasteiger partial charge in [0.15, 0.2) is 0 Å².